The molecule has 0 atom stereocenters. The Kier molecular flexibility index (Phi) is 4.03. The number of nitrogen functional groups attached to an aromatic ring is 1. The van der Waals surface area contributed by atoms with Gasteiger partial charge in [-0.2, -0.15) is 0 Å². The first kappa shape index (κ1) is 14.4. The van der Waals surface area contributed by atoms with Crippen LogP contribution in [0.4, 0.5) is 5.69 Å². The second-order valence-electron chi connectivity index (χ2n) is 6.26. The van der Waals surface area contributed by atoms with Gasteiger partial charge in [0.1, 0.15) is 12.4 Å². The van der Waals surface area contributed by atoms with E-state index in [9.17, 15) is 0 Å². The molecule has 0 aliphatic rings. The van der Waals surface area contributed by atoms with E-state index in [1.54, 1.807) is 0 Å². The van der Waals surface area contributed by atoms with E-state index in [0.717, 1.165) is 16.9 Å². The van der Waals surface area contributed by atoms with E-state index in [4.69, 9.17) is 10.5 Å². The normalized spacial score (nSPS) is 11.4. The van der Waals surface area contributed by atoms with Gasteiger partial charge in [0, 0.05) is 5.56 Å². The number of ether oxygens (including phenoxy) is 1. The van der Waals surface area contributed by atoms with Crippen molar-refractivity contribution >= 4 is 5.69 Å². The third-order valence-corrected chi connectivity index (χ3v) is 3.30. The van der Waals surface area contributed by atoms with E-state index < -0.39 is 0 Å². The number of rotatable bonds is 3. The summed E-state index contributed by atoms with van der Waals surface area (Å²) in [5.41, 5.74) is 10.3. The minimum absolute atomic E-state index is 0.00611. The molecule has 0 amide bonds. The molecule has 2 aromatic rings. The van der Waals surface area contributed by atoms with Crippen LogP contribution in [0.15, 0.2) is 42.5 Å². The van der Waals surface area contributed by atoms with Crippen LogP contribution in [-0.2, 0) is 12.0 Å². The van der Waals surface area contributed by atoms with Crippen LogP contribution in [0.3, 0.4) is 0 Å². The maximum atomic E-state index is 6.16. The number of anilines is 1. The summed E-state index contributed by atoms with van der Waals surface area (Å²) in [4.78, 5) is 0. The van der Waals surface area contributed by atoms with Crippen LogP contribution in [0.2, 0.25) is 0 Å². The maximum absolute atomic E-state index is 6.16. The molecule has 2 N–H and O–H groups in total. The fourth-order valence-corrected chi connectivity index (χ4v) is 2.25. The molecule has 0 unspecified atom stereocenters. The van der Waals surface area contributed by atoms with Gasteiger partial charge < -0.3 is 10.5 Å². The molecule has 0 saturated carbocycles. The topological polar surface area (TPSA) is 35.2 Å². The zero-order valence-electron chi connectivity index (χ0n) is 12.7. The quantitative estimate of drug-likeness (QED) is 0.835. The smallest absolute Gasteiger partial charge is 0.146 e. The number of benzene rings is 2. The summed E-state index contributed by atoms with van der Waals surface area (Å²) in [6, 6.07) is 14.3. The second-order valence-corrected chi connectivity index (χ2v) is 6.26. The van der Waals surface area contributed by atoms with Gasteiger partial charge in [0.25, 0.3) is 0 Å². The highest BCUT2D eigenvalue weighted by molar-refractivity contribution is 5.60. The summed E-state index contributed by atoms with van der Waals surface area (Å²) in [6.07, 6.45) is 0. The number of nitrogens with two attached hydrogens (primary N) is 1. The monoisotopic (exact) mass is 269 g/mol. The average Bonchev–Trinajstić information content (AvgIpc) is 2.37. The van der Waals surface area contributed by atoms with Gasteiger partial charge in [0.2, 0.25) is 0 Å². The van der Waals surface area contributed by atoms with Crippen molar-refractivity contribution in [3.63, 3.8) is 0 Å². The van der Waals surface area contributed by atoms with Gasteiger partial charge in [0.15, 0.2) is 0 Å². The van der Waals surface area contributed by atoms with Gasteiger partial charge in [-0.15, -0.1) is 0 Å². The Balaban J connectivity index is 2.31. The highest BCUT2D eigenvalue weighted by Gasteiger charge is 2.21. The van der Waals surface area contributed by atoms with Crippen LogP contribution in [0.1, 0.15) is 37.5 Å². The summed E-state index contributed by atoms with van der Waals surface area (Å²) < 4.78 is 6.01. The molecule has 20 heavy (non-hydrogen) atoms. The summed E-state index contributed by atoms with van der Waals surface area (Å²) >= 11 is 0. The van der Waals surface area contributed by atoms with E-state index in [1.807, 2.05) is 24.3 Å². The standard InChI is InChI=1S/C18H23NO/c1-13-10-15(18(2,3)4)17(16(19)11-13)20-12-14-8-6-5-7-9-14/h5-11H,12,19H2,1-4H3. The highest BCUT2D eigenvalue weighted by Crippen LogP contribution is 2.37. The van der Waals surface area contributed by atoms with Crippen LogP contribution in [0.25, 0.3) is 0 Å². The number of hydrogen-bond acceptors (Lipinski definition) is 2. The molecule has 0 aromatic heterocycles. The van der Waals surface area contributed by atoms with E-state index in [1.165, 1.54) is 5.56 Å². The third-order valence-electron chi connectivity index (χ3n) is 3.30. The fraction of sp³-hybridized carbons (Fsp3) is 0.333. The highest BCUT2D eigenvalue weighted by atomic mass is 16.5. The average molecular weight is 269 g/mol. The Morgan fingerprint density at radius 3 is 2.30 bits per heavy atom. The van der Waals surface area contributed by atoms with Crippen molar-refractivity contribution in [3.8, 4) is 5.75 Å². The zero-order valence-corrected chi connectivity index (χ0v) is 12.7. The Hall–Kier alpha value is -1.96. The molecule has 0 bridgehead atoms. The van der Waals surface area contributed by atoms with Crippen LogP contribution in [-0.4, -0.2) is 0 Å². The predicted octanol–water partition coefficient (Wildman–Crippen LogP) is 4.45. The van der Waals surface area contributed by atoms with Crippen LogP contribution >= 0.6 is 0 Å². The van der Waals surface area contributed by atoms with E-state index in [-0.39, 0.29) is 5.41 Å². The van der Waals surface area contributed by atoms with Gasteiger partial charge in [-0.05, 0) is 29.5 Å². The Bertz CT molecular complexity index is 582. The molecular formula is C18H23NO. The first-order valence-electron chi connectivity index (χ1n) is 6.95. The molecular weight excluding hydrogens is 246 g/mol. The van der Waals surface area contributed by atoms with Crippen LogP contribution in [0.5, 0.6) is 5.75 Å². The van der Waals surface area contributed by atoms with Crippen LogP contribution in [0, 0.1) is 6.92 Å². The molecule has 0 saturated heterocycles. The molecule has 2 nitrogen and oxygen atoms in total. The summed E-state index contributed by atoms with van der Waals surface area (Å²) in [5.74, 6) is 0.812. The molecule has 0 aliphatic heterocycles. The predicted molar refractivity (Wildman–Crippen MR) is 85.1 cm³/mol. The van der Waals surface area contributed by atoms with Crippen molar-refractivity contribution in [3.05, 3.63) is 59.2 Å². The van der Waals surface area contributed by atoms with Gasteiger partial charge in [-0.3, -0.25) is 0 Å². The summed E-state index contributed by atoms with van der Waals surface area (Å²) in [5, 5.41) is 0. The molecule has 0 aliphatic carbocycles. The lowest BCUT2D eigenvalue weighted by molar-refractivity contribution is 0.299. The molecule has 106 valence electrons. The Morgan fingerprint density at radius 1 is 1.05 bits per heavy atom. The number of aryl methyl sites for hydroxylation is 1. The van der Waals surface area contributed by atoms with E-state index in [2.05, 4.69) is 45.9 Å². The van der Waals surface area contributed by atoms with Gasteiger partial charge >= 0.3 is 0 Å². The van der Waals surface area contributed by atoms with Crippen molar-refractivity contribution in [2.75, 3.05) is 5.73 Å². The molecule has 0 fully saturated rings. The Labute approximate surface area is 121 Å². The fourth-order valence-electron chi connectivity index (χ4n) is 2.25. The van der Waals surface area contributed by atoms with E-state index in [0.29, 0.717) is 12.3 Å². The zero-order chi connectivity index (χ0) is 14.8. The third kappa shape index (κ3) is 3.32. The molecule has 2 aromatic carbocycles. The lowest BCUT2D eigenvalue weighted by atomic mass is 9.85. The maximum Gasteiger partial charge on any atom is 0.146 e. The second kappa shape index (κ2) is 5.58. The molecule has 0 heterocycles. The Morgan fingerprint density at radius 2 is 1.70 bits per heavy atom. The molecule has 2 heteroatoms. The SMILES string of the molecule is Cc1cc(N)c(OCc2ccccc2)c(C(C)(C)C)c1. The van der Waals surface area contributed by atoms with E-state index >= 15 is 0 Å². The van der Waals surface area contributed by atoms with Crippen molar-refractivity contribution in [2.24, 2.45) is 0 Å². The minimum Gasteiger partial charge on any atom is -0.486 e. The molecule has 0 radical (unpaired) electrons. The first-order valence-corrected chi connectivity index (χ1v) is 6.95. The largest absolute Gasteiger partial charge is 0.486 e. The summed E-state index contributed by atoms with van der Waals surface area (Å²) in [6.45, 7) is 9.13. The minimum atomic E-state index is 0.00611. The van der Waals surface area contributed by atoms with Crippen molar-refractivity contribution in [1.82, 2.24) is 0 Å². The van der Waals surface area contributed by atoms with Crippen molar-refractivity contribution in [2.45, 2.75) is 39.7 Å². The lowest BCUT2D eigenvalue weighted by Crippen LogP contribution is -2.15. The van der Waals surface area contributed by atoms with Crippen molar-refractivity contribution in [1.29, 1.82) is 0 Å². The van der Waals surface area contributed by atoms with Crippen molar-refractivity contribution < 1.29 is 4.74 Å². The molecule has 2 rings (SSSR count). The first-order chi connectivity index (χ1) is 9.38. The summed E-state index contributed by atoms with van der Waals surface area (Å²) in [7, 11) is 0. The van der Waals surface area contributed by atoms with Gasteiger partial charge in [0.05, 0.1) is 5.69 Å². The van der Waals surface area contributed by atoms with Gasteiger partial charge in [-0.25, -0.2) is 0 Å². The van der Waals surface area contributed by atoms with Crippen LogP contribution < -0.4 is 10.5 Å². The van der Waals surface area contributed by atoms with Gasteiger partial charge in [-0.1, -0.05) is 57.2 Å². The molecule has 0 spiro atoms. The lowest BCUT2D eigenvalue weighted by Gasteiger charge is -2.24. The number of hydrogen-bond donors (Lipinski definition) is 1.